The zero-order chi connectivity index (χ0) is 23.3. The number of fused-ring (bicyclic) bond motifs is 5. The molecule has 4 aliphatic rings. The molecule has 32 heavy (non-hydrogen) atoms. The van der Waals surface area contributed by atoms with Crippen LogP contribution in [-0.4, -0.2) is 17.9 Å². The molecule has 0 bridgehead atoms. The molecule has 8 atom stereocenters. The van der Waals surface area contributed by atoms with Crippen LogP contribution in [0.5, 0.6) is 0 Å². The number of hydrogen-bond acceptors (Lipinski definition) is 3. The van der Waals surface area contributed by atoms with Gasteiger partial charge in [0.15, 0.2) is 0 Å². The molecule has 4 aliphatic carbocycles. The highest BCUT2D eigenvalue weighted by Crippen LogP contribution is 2.65. The molecule has 3 heteroatoms. The zero-order valence-electron chi connectivity index (χ0n) is 21.4. The number of Topliss-reactive ketones (excluding diaryl/α,β-unsaturated/α-hetero) is 1. The number of hydrogen-bond donors (Lipinski definition) is 0. The molecule has 0 aromatic heterocycles. The van der Waals surface area contributed by atoms with E-state index in [0.717, 1.165) is 43.4 Å². The molecule has 3 saturated carbocycles. The molecule has 0 spiro atoms. The van der Waals surface area contributed by atoms with E-state index in [1.807, 2.05) is 0 Å². The molecule has 4 rings (SSSR count). The molecular formula is C29H46O3. The Labute approximate surface area is 196 Å². The van der Waals surface area contributed by atoms with Crippen molar-refractivity contribution in [2.75, 3.05) is 0 Å². The van der Waals surface area contributed by atoms with Gasteiger partial charge < -0.3 is 4.74 Å². The van der Waals surface area contributed by atoms with Gasteiger partial charge in [0.2, 0.25) is 0 Å². The van der Waals surface area contributed by atoms with Crippen LogP contribution in [0, 0.1) is 46.3 Å². The third kappa shape index (κ3) is 4.11. The van der Waals surface area contributed by atoms with E-state index in [2.05, 4.69) is 40.7 Å². The average Bonchev–Trinajstić information content (AvgIpc) is 3.05. The zero-order valence-corrected chi connectivity index (χ0v) is 21.4. The normalized spacial score (nSPS) is 42.0. The fourth-order valence-electron chi connectivity index (χ4n) is 8.55. The third-order valence-corrected chi connectivity index (χ3v) is 10.3. The maximum absolute atomic E-state index is 13.6. The van der Waals surface area contributed by atoms with Gasteiger partial charge >= 0.3 is 5.97 Å². The molecule has 0 N–H and O–H groups in total. The summed E-state index contributed by atoms with van der Waals surface area (Å²) in [5.74, 6) is 3.57. The van der Waals surface area contributed by atoms with Crippen molar-refractivity contribution in [1.82, 2.24) is 0 Å². The second-order valence-corrected chi connectivity index (χ2v) is 12.7. The first kappa shape index (κ1) is 24.0. The number of allylic oxidation sites excluding steroid dienone is 2. The van der Waals surface area contributed by atoms with Gasteiger partial charge in [0, 0.05) is 19.3 Å². The number of ether oxygens (including phenoxy) is 1. The SMILES string of the molecule is CC(=O)O[C@H]1CC[C@]2(C)C3=CC[C@]4(C)[C@@H]([C@H](C)CCCC(C)C)CC[C@H]4[C@@H]3C(=O)C[C@H]2C1. The minimum Gasteiger partial charge on any atom is -0.463 e. The lowest BCUT2D eigenvalue weighted by Crippen LogP contribution is -2.52. The van der Waals surface area contributed by atoms with Crippen LogP contribution in [0.2, 0.25) is 0 Å². The summed E-state index contributed by atoms with van der Waals surface area (Å²) in [5.41, 5.74) is 1.85. The molecule has 0 aromatic rings. The summed E-state index contributed by atoms with van der Waals surface area (Å²) in [4.78, 5) is 25.1. The van der Waals surface area contributed by atoms with Gasteiger partial charge in [0.05, 0.1) is 0 Å². The fourth-order valence-corrected chi connectivity index (χ4v) is 8.55. The topological polar surface area (TPSA) is 43.4 Å². The Bertz CT molecular complexity index is 766. The molecule has 0 unspecified atom stereocenters. The van der Waals surface area contributed by atoms with Gasteiger partial charge in [-0.05, 0) is 78.9 Å². The molecule has 3 fully saturated rings. The van der Waals surface area contributed by atoms with E-state index in [9.17, 15) is 9.59 Å². The predicted molar refractivity (Wildman–Crippen MR) is 129 cm³/mol. The van der Waals surface area contributed by atoms with Crippen molar-refractivity contribution in [2.45, 2.75) is 112 Å². The van der Waals surface area contributed by atoms with Gasteiger partial charge in [-0.1, -0.05) is 65.5 Å². The van der Waals surface area contributed by atoms with Crippen molar-refractivity contribution in [2.24, 2.45) is 46.3 Å². The summed E-state index contributed by atoms with van der Waals surface area (Å²) in [6.45, 7) is 13.6. The standard InChI is InChI=1S/C29H46O3/c1-18(2)8-7-9-19(3)23-10-11-24-27-25(13-15-29(23,24)6)28(5)14-12-22(32-20(4)30)16-21(28)17-26(27)31/h13,18-19,21-24,27H,7-12,14-17H2,1-6H3/t19-,21-,22+,23-,24+,27+,28+,29-/m1/s1. The van der Waals surface area contributed by atoms with Crippen molar-refractivity contribution >= 4 is 11.8 Å². The number of ketones is 1. The molecule has 0 saturated heterocycles. The van der Waals surface area contributed by atoms with E-state index >= 15 is 0 Å². The van der Waals surface area contributed by atoms with Gasteiger partial charge in [0.1, 0.15) is 11.9 Å². The Morgan fingerprint density at radius 2 is 1.91 bits per heavy atom. The van der Waals surface area contributed by atoms with Crippen LogP contribution < -0.4 is 0 Å². The second-order valence-electron chi connectivity index (χ2n) is 12.7. The van der Waals surface area contributed by atoms with Crippen LogP contribution in [0.25, 0.3) is 0 Å². The van der Waals surface area contributed by atoms with E-state index < -0.39 is 0 Å². The average molecular weight is 443 g/mol. The summed E-state index contributed by atoms with van der Waals surface area (Å²) in [6.07, 6.45) is 13.7. The fraction of sp³-hybridized carbons (Fsp3) is 0.862. The smallest absolute Gasteiger partial charge is 0.302 e. The largest absolute Gasteiger partial charge is 0.463 e. The van der Waals surface area contributed by atoms with Crippen LogP contribution in [0.4, 0.5) is 0 Å². The first-order valence-corrected chi connectivity index (χ1v) is 13.5. The van der Waals surface area contributed by atoms with Crippen LogP contribution >= 0.6 is 0 Å². The molecule has 0 aromatic carbocycles. The van der Waals surface area contributed by atoms with Gasteiger partial charge in [-0.2, -0.15) is 0 Å². The molecular weight excluding hydrogens is 396 g/mol. The van der Waals surface area contributed by atoms with E-state index in [1.54, 1.807) is 0 Å². The van der Waals surface area contributed by atoms with Crippen molar-refractivity contribution in [1.29, 1.82) is 0 Å². The monoisotopic (exact) mass is 442 g/mol. The Kier molecular flexibility index (Phi) is 6.69. The van der Waals surface area contributed by atoms with E-state index in [0.29, 0.717) is 24.0 Å². The van der Waals surface area contributed by atoms with Crippen molar-refractivity contribution in [3.05, 3.63) is 11.6 Å². The minimum absolute atomic E-state index is 0.00747. The van der Waals surface area contributed by atoms with Crippen LogP contribution in [0.1, 0.15) is 106 Å². The van der Waals surface area contributed by atoms with Gasteiger partial charge in [-0.3, -0.25) is 9.59 Å². The van der Waals surface area contributed by atoms with Crippen molar-refractivity contribution < 1.29 is 14.3 Å². The number of carbonyl (C=O) groups excluding carboxylic acids is 2. The first-order valence-electron chi connectivity index (χ1n) is 13.5. The van der Waals surface area contributed by atoms with E-state index in [1.165, 1.54) is 44.6 Å². The minimum atomic E-state index is -0.189. The molecule has 0 aliphatic heterocycles. The third-order valence-electron chi connectivity index (χ3n) is 10.3. The molecule has 3 nitrogen and oxygen atoms in total. The maximum Gasteiger partial charge on any atom is 0.302 e. The summed E-state index contributed by atoms with van der Waals surface area (Å²) in [6, 6.07) is 0. The van der Waals surface area contributed by atoms with Crippen LogP contribution in [0.15, 0.2) is 11.6 Å². The van der Waals surface area contributed by atoms with E-state index in [4.69, 9.17) is 4.74 Å². The highest BCUT2D eigenvalue weighted by atomic mass is 16.5. The lowest BCUT2D eigenvalue weighted by Gasteiger charge is -2.56. The highest BCUT2D eigenvalue weighted by Gasteiger charge is 2.60. The molecule has 0 radical (unpaired) electrons. The second kappa shape index (κ2) is 8.91. The lowest BCUT2D eigenvalue weighted by molar-refractivity contribution is -0.152. The van der Waals surface area contributed by atoms with Crippen LogP contribution in [-0.2, 0) is 14.3 Å². The lowest BCUT2D eigenvalue weighted by atomic mass is 9.48. The Morgan fingerprint density at radius 1 is 1.16 bits per heavy atom. The number of carbonyl (C=O) groups is 2. The molecule has 0 heterocycles. The molecule has 0 amide bonds. The summed E-state index contributed by atoms with van der Waals surface area (Å²) in [7, 11) is 0. The first-order chi connectivity index (χ1) is 15.1. The van der Waals surface area contributed by atoms with Crippen LogP contribution in [0.3, 0.4) is 0 Å². The summed E-state index contributed by atoms with van der Waals surface area (Å²) < 4.78 is 5.56. The molecule has 180 valence electrons. The maximum atomic E-state index is 13.6. The Hall–Kier alpha value is -1.12. The highest BCUT2D eigenvalue weighted by molar-refractivity contribution is 5.87. The van der Waals surface area contributed by atoms with Crippen molar-refractivity contribution in [3.63, 3.8) is 0 Å². The van der Waals surface area contributed by atoms with Crippen molar-refractivity contribution in [3.8, 4) is 0 Å². The summed E-state index contributed by atoms with van der Waals surface area (Å²) >= 11 is 0. The van der Waals surface area contributed by atoms with Gasteiger partial charge in [0.25, 0.3) is 0 Å². The van der Waals surface area contributed by atoms with Gasteiger partial charge in [-0.15, -0.1) is 0 Å². The summed E-state index contributed by atoms with van der Waals surface area (Å²) in [5, 5.41) is 0. The number of rotatable bonds is 6. The van der Waals surface area contributed by atoms with Gasteiger partial charge in [-0.25, -0.2) is 0 Å². The Balaban J connectivity index is 1.53. The quantitative estimate of drug-likeness (QED) is 0.324. The number of esters is 1. The Morgan fingerprint density at radius 3 is 2.59 bits per heavy atom. The predicted octanol–water partition coefficient (Wildman–Crippen LogP) is 7.14. The van der Waals surface area contributed by atoms with E-state index in [-0.39, 0.29) is 28.8 Å².